The third-order valence-electron chi connectivity index (χ3n) is 3.54. The number of aromatic nitrogens is 2. The van der Waals surface area contributed by atoms with Gasteiger partial charge < -0.3 is 14.8 Å². The van der Waals surface area contributed by atoms with Gasteiger partial charge in [0.25, 0.3) is 0 Å². The standard InChI is InChI=1S/C18H23N3O4/c1-4-24-15-8-7-14(11-16(15)25-5-2)13(3)20-17(22)12-21-10-6-9-19-18(21)23/h6-11,13H,4-5,12H2,1-3H3,(H,20,22). The maximum atomic E-state index is 12.2. The number of hydrogen-bond acceptors (Lipinski definition) is 5. The van der Waals surface area contributed by atoms with Crippen LogP contribution in [0.15, 0.2) is 41.5 Å². The van der Waals surface area contributed by atoms with Crippen LogP contribution in [-0.2, 0) is 11.3 Å². The number of amides is 1. The van der Waals surface area contributed by atoms with E-state index in [9.17, 15) is 9.59 Å². The Balaban J connectivity index is 2.08. The Morgan fingerprint density at radius 3 is 2.64 bits per heavy atom. The van der Waals surface area contributed by atoms with Crippen LogP contribution in [0.3, 0.4) is 0 Å². The SMILES string of the molecule is CCOc1ccc(C(C)NC(=O)Cn2cccnc2=O)cc1OCC. The summed E-state index contributed by atoms with van der Waals surface area (Å²) in [5, 5.41) is 2.87. The summed E-state index contributed by atoms with van der Waals surface area (Å²) in [5.41, 5.74) is 0.434. The number of rotatable bonds is 8. The molecule has 134 valence electrons. The van der Waals surface area contributed by atoms with Gasteiger partial charge >= 0.3 is 5.69 Å². The number of carbonyl (C=O) groups is 1. The molecule has 0 radical (unpaired) electrons. The first-order valence-electron chi connectivity index (χ1n) is 8.25. The number of nitrogens with one attached hydrogen (secondary N) is 1. The fourth-order valence-corrected chi connectivity index (χ4v) is 2.37. The Morgan fingerprint density at radius 1 is 1.24 bits per heavy atom. The van der Waals surface area contributed by atoms with Gasteiger partial charge in [-0.15, -0.1) is 0 Å². The van der Waals surface area contributed by atoms with E-state index in [0.717, 1.165) is 5.56 Å². The minimum absolute atomic E-state index is 0.0770. The van der Waals surface area contributed by atoms with E-state index in [0.29, 0.717) is 24.7 Å². The first-order chi connectivity index (χ1) is 12.0. The van der Waals surface area contributed by atoms with Gasteiger partial charge in [-0.2, -0.15) is 0 Å². The van der Waals surface area contributed by atoms with Gasteiger partial charge in [0.2, 0.25) is 5.91 Å². The third-order valence-corrected chi connectivity index (χ3v) is 3.54. The molecule has 2 rings (SSSR count). The highest BCUT2D eigenvalue weighted by atomic mass is 16.5. The summed E-state index contributed by atoms with van der Waals surface area (Å²) >= 11 is 0. The van der Waals surface area contributed by atoms with Gasteiger partial charge in [0, 0.05) is 12.4 Å². The van der Waals surface area contributed by atoms with Gasteiger partial charge in [0.15, 0.2) is 11.5 Å². The van der Waals surface area contributed by atoms with Gasteiger partial charge in [0.1, 0.15) is 6.54 Å². The quantitative estimate of drug-likeness (QED) is 0.790. The lowest BCUT2D eigenvalue weighted by Crippen LogP contribution is -2.34. The van der Waals surface area contributed by atoms with E-state index in [4.69, 9.17) is 9.47 Å². The lowest BCUT2D eigenvalue weighted by atomic mass is 10.1. The van der Waals surface area contributed by atoms with Gasteiger partial charge in [-0.1, -0.05) is 6.07 Å². The van der Waals surface area contributed by atoms with Crippen LogP contribution in [-0.4, -0.2) is 28.7 Å². The minimum Gasteiger partial charge on any atom is -0.490 e. The topological polar surface area (TPSA) is 82.5 Å². The normalized spacial score (nSPS) is 11.6. The van der Waals surface area contributed by atoms with Crippen molar-refractivity contribution in [1.29, 1.82) is 0 Å². The second-order valence-corrected chi connectivity index (χ2v) is 5.39. The summed E-state index contributed by atoms with van der Waals surface area (Å²) in [6, 6.07) is 6.94. The molecule has 1 atom stereocenters. The maximum Gasteiger partial charge on any atom is 0.347 e. The zero-order chi connectivity index (χ0) is 18.2. The fourth-order valence-electron chi connectivity index (χ4n) is 2.37. The monoisotopic (exact) mass is 345 g/mol. The van der Waals surface area contributed by atoms with Crippen molar-refractivity contribution in [1.82, 2.24) is 14.9 Å². The Kier molecular flexibility index (Phi) is 6.56. The molecule has 7 nitrogen and oxygen atoms in total. The van der Waals surface area contributed by atoms with E-state index < -0.39 is 5.69 Å². The molecule has 0 aliphatic rings. The number of ether oxygens (including phenoxy) is 2. The Bertz CT molecular complexity index is 773. The Labute approximate surface area is 146 Å². The lowest BCUT2D eigenvalue weighted by Gasteiger charge is -2.17. The van der Waals surface area contributed by atoms with E-state index in [-0.39, 0.29) is 18.5 Å². The van der Waals surface area contributed by atoms with Gasteiger partial charge in [-0.3, -0.25) is 9.36 Å². The van der Waals surface area contributed by atoms with Crippen molar-refractivity contribution in [2.75, 3.05) is 13.2 Å². The number of nitrogens with zero attached hydrogens (tertiary/aromatic N) is 2. The van der Waals surface area contributed by atoms with Gasteiger partial charge in [-0.25, -0.2) is 9.78 Å². The van der Waals surface area contributed by atoms with Crippen LogP contribution in [0, 0.1) is 0 Å². The molecule has 1 aromatic heterocycles. The summed E-state index contributed by atoms with van der Waals surface area (Å²) in [6.07, 6.45) is 2.93. The van der Waals surface area contributed by atoms with Crippen LogP contribution < -0.4 is 20.5 Å². The molecule has 7 heteroatoms. The molecule has 1 aromatic carbocycles. The average Bonchev–Trinajstić information content (AvgIpc) is 2.59. The molecule has 0 spiro atoms. The van der Waals surface area contributed by atoms with Crippen LogP contribution in [0.2, 0.25) is 0 Å². The number of hydrogen-bond donors (Lipinski definition) is 1. The molecule has 2 aromatic rings. The first kappa shape index (κ1) is 18.5. The Morgan fingerprint density at radius 2 is 1.96 bits per heavy atom. The van der Waals surface area contributed by atoms with Crippen molar-refractivity contribution in [3.8, 4) is 11.5 Å². The van der Waals surface area contributed by atoms with Crippen LogP contribution in [0.1, 0.15) is 32.4 Å². The van der Waals surface area contributed by atoms with E-state index in [1.165, 1.54) is 17.0 Å². The molecule has 1 N–H and O–H groups in total. The zero-order valence-corrected chi connectivity index (χ0v) is 14.7. The summed E-state index contributed by atoms with van der Waals surface area (Å²) in [6.45, 7) is 6.67. The Hall–Kier alpha value is -2.83. The van der Waals surface area contributed by atoms with E-state index in [1.54, 1.807) is 6.07 Å². The van der Waals surface area contributed by atoms with Crippen molar-refractivity contribution in [3.05, 3.63) is 52.7 Å². The molecular formula is C18H23N3O4. The highest BCUT2D eigenvalue weighted by Crippen LogP contribution is 2.30. The average molecular weight is 345 g/mol. The van der Waals surface area contributed by atoms with Gasteiger partial charge in [-0.05, 0) is 44.5 Å². The smallest absolute Gasteiger partial charge is 0.347 e. The van der Waals surface area contributed by atoms with Gasteiger partial charge in [0.05, 0.1) is 19.3 Å². The number of benzene rings is 1. The largest absolute Gasteiger partial charge is 0.490 e. The highest BCUT2D eigenvalue weighted by molar-refractivity contribution is 5.76. The molecule has 0 aliphatic carbocycles. The maximum absolute atomic E-state index is 12.2. The van der Waals surface area contributed by atoms with E-state index in [1.807, 2.05) is 39.0 Å². The van der Waals surface area contributed by atoms with Crippen LogP contribution >= 0.6 is 0 Å². The highest BCUT2D eigenvalue weighted by Gasteiger charge is 2.14. The predicted octanol–water partition coefficient (Wildman–Crippen LogP) is 1.92. The molecule has 0 aliphatic heterocycles. The third kappa shape index (κ3) is 5.07. The summed E-state index contributed by atoms with van der Waals surface area (Å²) in [5.74, 6) is 1.05. The first-order valence-corrected chi connectivity index (χ1v) is 8.25. The van der Waals surface area contributed by atoms with Crippen molar-refractivity contribution in [3.63, 3.8) is 0 Å². The molecule has 0 bridgehead atoms. The van der Waals surface area contributed by atoms with Crippen molar-refractivity contribution in [2.45, 2.75) is 33.4 Å². The lowest BCUT2D eigenvalue weighted by molar-refractivity contribution is -0.122. The second kappa shape index (κ2) is 8.86. The molecule has 25 heavy (non-hydrogen) atoms. The predicted molar refractivity (Wildman–Crippen MR) is 93.8 cm³/mol. The van der Waals surface area contributed by atoms with E-state index in [2.05, 4.69) is 10.3 Å². The molecular weight excluding hydrogens is 322 g/mol. The van der Waals surface area contributed by atoms with Crippen LogP contribution in [0.25, 0.3) is 0 Å². The van der Waals surface area contributed by atoms with Crippen LogP contribution in [0.4, 0.5) is 0 Å². The van der Waals surface area contributed by atoms with E-state index >= 15 is 0 Å². The summed E-state index contributed by atoms with van der Waals surface area (Å²) in [4.78, 5) is 27.4. The van der Waals surface area contributed by atoms with Crippen molar-refractivity contribution >= 4 is 5.91 Å². The zero-order valence-electron chi connectivity index (χ0n) is 14.7. The minimum atomic E-state index is -0.454. The van der Waals surface area contributed by atoms with Crippen molar-refractivity contribution in [2.24, 2.45) is 0 Å². The molecule has 1 unspecified atom stereocenters. The summed E-state index contributed by atoms with van der Waals surface area (Å²) in [7, 11) is 0. The van der Waals surface area contributed by atoms with Crippen molar-refractivity contribution < 1.29 is 14.3 Å². The molecule has 0 fully saturated rings. The van der Waals surface area contributed by atoms with Crippen LogP contribution in [0.5, 0.6) is 11.5 Å². The molecule has 1 heterocycles. The molecule has 1 amide bonds. The fraction of sp³-hybridized carbons (Fsp3) is 0.389. The molecule has 0 saturated heterocycles. The number of carbonyl (C=O) groups excluding carboxylic acids is 1. The summed E-state index contributed by atoms with van der Waals surface area (Å²) < 4.78 is 12.4. The second-order valence-electron chi connectivity index (χ2n) is 5.39. The molecule has 0 saturated carbocycles.